The molecule has 0 amide bonds. The van der Waals surface area contributed by atoms with Crippen LogP contribution < -0.4 is 5.32 Å². The molecule has 0 radical (unpaired) electrons. The fourth-order valence-electron chi connectivity index (χ4n) is 2.56. The molecule has 1 N–H and O–H groups in total. The minimum absolute atomic E-state index is 0.146. The summed E-state index contributed by atoms with van der Waals surface area (Å²) in [5, 5.41) is 3.55. The van der Waals surface area contributed by atoms with Crippen LogP contribution in [0.5, 0.6) is 0 Å². The summed E-state index contributed by atoms with van der Waals surface area (Å²) in [6, 6.07) is 7.18. The Labute approximate surface area is 109 Å². The molecular formula is C16H22FN. The molecule has 1 atom stereocenters. The van der Waals surface area contributed by atoms with Crippen LogP contribution in [-0.2, 0) is 0 Å². The van der Waals surface area contributed by atoms with E-state index in [-0.39, 0.29) is 11.9 Å². The van der Waals surface area contributed by atoms with Gasteiger partial charge in [0.1, 0.15) is 5.82 Å². The van der Waals surface area contributed by atoms with Crippen molar-refractivity contribution < 1.29 is 4.39 Å². The number of nitrogens with one attached hydrogen (secondary N) is 1. The summed E-state index contributed by atoms with van der Waals surface area (Å²) in [5.74, 6) is -0.146. The zero-order valence-corrected chi connectivity index (χ0v) is 11.1. The molecule has 0 bridgehead atoms. The van der Waals surface area contributed by atoms with Crippen LogP contribution in [0.2, 0.25) is 0 Å². The Kier molecular flexibility index (Phi) is 4.94. The van der Waals surface area contributed by atoms with Gasteiger partial charge in [0, 0.05) is 0 Å². The minimum Gasteiger partial charge on any atom is -0.307 e. The van der Waals surface area contributed by atoms with Crippen LogP contribution in [0.25, 0.3) is 0 Å². The molecule has 0 spiro atoms. The lowest BCUT2D eigenvalue weighted by Crippen LogP contribution is -2.24. The third kappa shape index (κ3) is 3.42. The van der Waals surface area contributed by atoms with Gasteiger partial charge in [-0.25, -0.2) is 4.39 Å². The summed E-state index contributed by atoms with van der Waals surface area (Å²) in [6.07, 6.45) is 8.27. The second-order valence-electron chi connectivity index (χ2n) is 4.97. The molecule has 1 aromatic rings. The van der Waals surface area contributed by atoms with E-state index in [2.05, 4.69) is 18.3 Å². The Bertz CT molecular complexity index is 411. The van der Waals surface area contributed by atoms with Crippen molar-refractivity contribution in [2.45, 2.75) is 45.1 Å². The first kappa shape index (κ1) is 13.3. The molecule has 1 aliphatic carbocycles. The van der Waals surface area contributed by atoms with Gasteiger partial charge >= 0.3 is 0 Å². The Morgan fingerprint density at radius 1 is 1.33 bits per heavy atom. The highest BCUT2D eigenvalue weighted by molar-refractivity contribution is 5.29. The lowest BCUT2D eigenvalue weighted by Gasteiger charge is -2.25. The fraction of sp³-hybridized carbons (Fsp3) is 0.500. The van der Waals surface area contributed by atoms with Gasteiger partial charge in [-0.15, -0.1) is 0 Å². The van der Waals surface area contributed by atoms with Crippen LogP contribution in [0.4, 0.5) is 4.39 Å². The summed E-state index contributed by atoms with van der Waals surface area (Å²) in [5.41, 5.74) is 2.48. The van der Waals surface area contributed by atoms with E-state index in [0.717, 1.165) is 31.4 Å². The molecule has 0 aromatic heterocycles. The third-order valence-corrected chi connectivity index (χ3v) is 3.48. The highest BCUT2D eigenvalue weighted by atomic mass is 19.1. The average Bonchev–Trinajstić information content (AvgIpc) is 2.40. The zero-order chi connectivity index (χ0) is 12.8. The molecule has 0 saturated heterocycles. The second-order valence-corrected chi connectivity index (χ2v) is 4.97. The predicted octanol–water partition coefficient (Wildman–Crippen LogP) is 4.37. The second kappa shape index (κ2) is 6.69. The van der Waals surface area contributed by atoms with Gasteiger partial charge in [0.15, 0.2) is 0 Å². The summed E-state index contributed by atoms with van der Waals surface area (Å²) >= 11 is 0. The molecule has 2 heteroatoms. The van der Waals surface area contributed by atoms with Crippen LogP contribution in [0.3, 0.4) is 0 Å². The van der Waals surface area contributed by atoms with E-state index in [1.807, 2.05) is 6.07 Å². The Morgan fingerprint density at radius 3 is 2.89 bits per heavy atom. The number of rotatable bonds is 5. The molecule has 0 aliphatic heterocycles. The third-order valence-electron chi connectivity index (χ3n) is 3.48. The molecular weight excluding hydrogens is 225 g/mol. The fourth-order valence-corrected chi connectivity index (χ4v) is 2.56. The van der Waals surface area contributed by atoms with Crippen LogP contribution in [0.15, 0.2) is 35.9 Å². The van der Waals surface area contributed by atoms with Gasteiger partial charge in [-0.1, -0.05) is 30.7 Å². The zero-order valence-electron chi connectivity index (χ0n) is 11.1. The van der Waals surface area contributed by atoms with Crippen molar-refractivity contribution in [3.63, 3.8) is 0 Å². The summed E-state index contributed by atoms with van der Waals surface area (Å²) in [4.78, 5) is 0. The van der Waals surface area contributed by atoms with Crippen molar-refractivity contribution in [3.8, 4) is 0 Å². The SMILES string of the molecule is CCCNC(C1=CCCCC1)c1cccc(F)c1. The quantitative estimate of drug-likeness (QED) is 0.762. The van der Waals surface area contributed by atoms with Crippen LogP contribution in [-0.4, -0.2) is 6.54 Å². The lowest BCUT2D eigenvalue weighted by molar-refractivity contribution is 0.542. The van der Waals surface area contributed by atoms with E-state index in [9.17, 15) is 4.39 Å². The van der Waals surface area contributed by atoms with Gasteiger partial charge in [0.05, 0.1) is 6.04 Å². The molecule has 18 heavy (non-hydrogen) atoms. The largest absolute Gasteiger partial charge is 0.307 e. The first-order valence-electron chi connectivity index (χ1n) is 6.99. The van der Waals surface area contributed by atoms with E-state index >= 15 is 0 Å². The molecule has 0 fully saturated rings. The maximum absolute atomic E-state index is 13.4. The van der Waals surface area contributed by atoms with E-state index in [4.69, 9.17) is 0 Å². The number of halogens is 1. The standard InChI is InChI=1S/C16H22FN/c1-2-11-18-16(13-7-4-3-5-8-13)14-9-6-10-15(17)12-14/h6-7,9-10,12,16,18H,2-5,8,11H2,1H3. The summed E-state index contributed by atoms with van der Waals surface area (Å²) in [7, 11) is 0. The normalized spacial score (nSPS) is 17.3. The highest BCUT2D eigenvalue weighted by Crippen LogP contribution is 2.30. The molecule has 98 valence electrons. The summed E-state index contributed by atoms with van der Waals surface area (Å²) in [6.45, 7) is 3.13. The number of hydrogen-bond donors (Lipinski definition) is 1. The van der Waals surface area contributed by atoms with E-state index in [1.54, 1.807) is 12.1 Å². The van der Waals surface area contributed by atoms with Gasteiger partial charge in [0.2, 0.25) is 0 Å². The molecule has 1 aromatic carbocycles. The Balaban J connectivity index is 2.21. The number of hydrogen-bond acceptors (Lipinski definition) is 1. The first-order chi connectivity index (χ1) is 8.81. The van der Waals surface area contributed by atoms with Crippen molar-refractivity contribution in [2.24, 2.45) is 0 Å². The molecule has 0 heterocycles. The van der Waals surface area contributed by atoms with Gasteiger partial charge < -0.3 is 5.32 Å². The predicted molar refractivity (Wildman–Crippen MR) is 74.0 cm³/mol. The molecule has 1 nitrogen and oxygen atoms in total. The maximum Gasteiger partial charge on any atom is 0.123 e. The Hall–Kier alpha value is -1.15. The molecule has 0 saturated carbocycles. The highest BCUT2D eigenvalue weighted by Gasteiger charge is 2.17. The van der Waals surface area contributed by atoms with Crippen molar-refractivity contribution in [1.29, 1.82) is 0 Å². The topological polar surface area (TPSA) is 12.0 Å². The molecule has 2 rings (SSSR count). The van der Waals surface area contributed by atoms with Crippen LogP contribution >= 0.6 is 0 Å². The summed E-state index contributed by atoms with van der Waals surface area (Å²) < 4.78 is 13.4. The first-order valence-corrected chi connectivity index (χ1v) is 6.99. The van der Waals surface area contributed by atoms with Crippen LogP contribution in [0, 0.1) is 5.82 Å². The van der Waals surface area contributed by atoms with Crippen LogP contribution in [0.1, 0.15) is 50.6 Å². The smallest absolute Gasteiger partial charge is 0.123 e. The monoisotopic (exact) mass is 247 g/mol. The van der Waals surface area contributed by atoms with Crippen molar-refractivity contribution in [1.82, 2.24) is 5.32 Å². The molecule has 1 unspecified atom stereocenters. The van der Waals surface area contributed by atoms with Gasteiger partial charge in [-0.2, -0.15) is 0 Å². The number of allylic oxidation sites excluding steroid dienone is 1. The molecule has 1 aliphatic rings. The number of benzene rings is 1. The Morgan fingerprint density at radius 2 is 2.22 bits per heavy atom. The van der Waals surface area contributed by atoms with E-state index in [1.165, 1.54) is 24.5 Å². The van der Waals surface area contributed by atoms with E-state index < -0.39 is 0 Å². The lowest BCUT2D eigenvalue weighted by atomic mass is 9.89. The van der Waals surface area contributed by atoms with Crippen molar-refractivity contribution in [2.75, 3.05) is 6.54 Å². The average molecular weight is 247 g/mol. The van der Waals surface area contributed by atoms with E-state index in [0.29, 0.717) is 0 Å². The maximum atomic E-state index is 13.4. The van der Waals surface area contributed by atoms with Gasteiger partial charge in [0.25, 0.3) is 0 Å². The minimum atomic E-state index is -0.146. The van der Waals surface area contributed by atoms with Gasteiger partial charge in [-0.05, 0) is 56.3 Å². The van der Waals surface area contributed by atoms with Gasteiger partial charge in [-0.3, -0.25) is 0 Å². The van der Waals surface area contributed by atoms with Crippen molar-refractivity contribution >= 4 is 0 Å². The van der Waals surface area contributed by atoms with Crippen molar-refractivity contribution in [3.05, 3.63) is 47.3 Å².